The number of aromatic amines is 1. The van der Waals surface area contributed by atoms with Gasteiger partial charge in [0.05, 0.1) is 17.5 Å². The summed E-state index contributed by atoms with van der Waals surface area (Å²) in [7, 11) is 0. The van der Waals surface area contributed by atoms with Crippen molar-refractivity contribution in [1.82, 2.24) is 4.98 Å². The topological polar surface area (TPSA) is 69.8 Å². The Kier molecular flexibility index (Phi) is 1.51. The fourth-order valence-corrected chi connectivity index (χ4v) is 1.90. The standard InChI is InChI=1S/C11H8N2O2/c12-5-7-3-8(7)6-1-2-9-10(4-6)15-11(14)13-9/h1-2,4,7-8H,3H2,(H,13,14). The number of benzene rings is 1. The Bertz CT molecular complexity index is 617. The monoisotopic (exact) mass is 200 g/mol. The van der Waals surface area contributed by atoms with Crippen LogP contribution in [-0.2, 0) is 0 Å². The maximum absolute atomic E-state index is 10.9. The van der Waals surface area contributed by atoms with Crippen LogP contribution in [0.3, 0.4) is 0 Å². The van der Waals surface area contributed by atoms with Gasteiger partial charge in [-0.3, -0.25) is 4.98 Å². The molecule has 0 saturated heterocycles. The Morgan fingerprint density at radius 1 is 1.53 bits per heavy atom. The minimum absolute atomic E-state index is 0.133. The third-order valence-electron chi connectivity index (χ3n) is 2.83. The van der Waals surface area contributed by atoms with E-state index in [4.69, 9.17) is 9.68 Å². The maximum atomic E-state index is 10.9. The molecule has 2 atom stereocenters. The SMILES string of the molecule is N#CC1CC1c1ccc2[nH]c(=O)oc2c1. The second-order valence-corrected chi connectivity index (χ2v) is 3.85. The van der Waals surface area contributed by atoms with E-state index in [1.165, 1.54) is 0 Å². The average Bonchev–Trinajstić information content (AvgIpc) is 2.92. The van der Waals surface area contributed by atoms with Crippen molar-refractivity contribution in [3.05, 3.63) is 34.3 Å². The first-order valence-corrected chi connectivity index (χ1v) is 4.80. The van der Waals surface area contributed by atoms with Gasteiger partial charge in [0.1, 0.15) is 0 Å². The number of rotatable bonds is 1. The number of nitrogens with one attached hydrogen (secondary N) is 1. The van der Waals surface area contributed by atoms with Crippen molar-refractivity contribution >= 4 is 11.1 Å². The molecule has 0 radical (unpaired) electrons. The minimum atomic E-state index is -0.435. The van der Waals surface area contributed by atoms with E-state index < -0.39 is 5.76 Å². The first-order chi connectivity index (χ1) is 7.28. The number of nitrogens with zero attached hydrogens (tertiary/aromatic N) is 1. The van der Waals surface area contributed by atoms with E-state index in [1.807, 2.05) is 18.2 Å². The van der Waals surface area contributed by atoms with Crippen molar-refractivity contribution in [3.63, 3.8) is 0 Å². The van der Waals surface area contributed by atoms with Gasteiger partial charge in [-0.15, -0.1) is 0 Å². The van der Waals surface area contributed by atoms with Gasteiger partial charge in [-0.2, -0.15) is 5.26 Å². The number of hydrogen-bond donors (Lipinski definition) is 1. The molecule has 74 valence electrons. The zero-order chi connectivity index (χ0) is 10.4. The first-order valence-electron chi connectivity index (χ1n) is 4.80. The summed E-state index contributed by atoms with van der Waals surface area (Å²) in [6.07, 6.45) is 0.913. The smallest absolute Gasteiger partial charge is 0.408 e. The molecule has 4 heteroatoms. The van der Waals surface area contributed by atoms with Gasteiger partial charge in [0.25, 0.3) is 0 Å². The molecule has 1 aromatic heterocycles. The van der Waals surface area contributed by atoms with Crippen molar-refractivity contribution in [1.29, 1.82) is 5.26 Å². The van der Waals surface area contributed by atoms with Crippen LogP contribution in [0.15, 0.2) is 27.4 Å². The van der Waals surface area contributed by atoms with Gasteiger partial charge in [-0.05, 0) is 24.1 Å². The molecular formula is C11H8N2O2. The molecule has 2 aromatic rings. The van der Waals surface area contributed by atoms with Gasteiger partial charge in [-0.1, -0.05) is 6.07 Å². The lowest BCUT2D eigenvalue weighted by molar-refractivity contribution is 0.555. The third-order valence-corrected chi connectivity index (χ3v) is 2.83. The van der Waals surface area contributed by atoms with Crippen LogP contribution in [0, 0.1) is 17.2 Å². The zero-order valence-corrected chi connectivity index (χ0v) is 7.86. The number of nitriles is 1. The highest BCUT2D eigenvalue weighted by Crippen LogP contribution is 2.47. The summed E-state index contributed by atoms with van der Waals surface area (Å²) in [5.74, 6) is 0.0162. The summed E-state index contributed by atoms with van der Waals surface area (Å²) in [4.78, 5) is 13.5. The van der Waals surface area contributed by atoms with Crippen LogP contribution >= 0.6 is 0 Å². The van der Waals surface area contributed by atoms with Crippen molar-refractivity contribution in [2.45, 2.75) is 12.3 Å². The Balaban J connectivity index is 2.08. The molecule has 15 heavy (non-hydrogen) atoms. The highest BCUT2D eigenvalue weighted by atomic mass is 16.4. The van der Waals surface area contributed by atoms with Crippen LogP contribution in [0.2, 0.25) is 0 Å². The largest absolute Gasteiger partial charge is 0.417 e. The van der Waals surface area contributed by atoms with Crippen LogP contribution in [0.4, 0.5) is 0 Å². The van der Waals surface area contributed by atoms with Crippen LogP contribution < -0.4 is 5.76 Å². The van der Waals surface area contributed by atoms with Gasteiger partial charge in [0.2, 0.25) is 0 Å². The van der Waals surface area contributed by atoms with E-state index in [2.05, 4.69) is 11.1 Å². The second-order valence-electron chi connectivity index (χ2n) is 3.85. The molecule has 1 saturated carbocycles. The molecule has 0 spiro atoms. The highest BCUT2D eigenvalue weighted by Gasteiger charge is 2.38. The lowest BCUT2D eigenvalue weighted by atomic mass is 10.1. The summed E-state index contributed by atoms with van der Waals surface area (Å²) < 4.78 is 4.96. The van der Waals surface area contributed by atoms with Gasteiger partial charge in [0, 0.05) is 5.92 Å². The van der Waals surface area contributed by atoms with Gasteiger partial charge >= 0.3 is 5.76 Å². The summed E-state index contributed by atoms with van der Waals surface area (Å²) in [5, 5.41) is 8.73. The summed E-state index contributed by atoms with van der Waals surface area (Å²) in [6, 6.07) is 7.85. The van der Waals surface area contributed by atoms with E-state index in [1.54, 1.807) is 0 Å². The maximum Gasteiger partial charge on any atom is 0.417 e. The summed E-state index contributed by atoms with van der Waals surface area (Å²) in [6.45, 7) is 0. The molecule has 0 bridgehead atoms. The fourth-order valence-electron chi connectivity index (χ4n) is 1.90. The first kappa shape index (κ1) is 8.30. The van der Waals surface area contributed by atoms with Crippen LogP contribution in [0.25, 0.3) is 11.1 Å². The van der Waals surface area contributed by atoms with Crippen molar-refractivity contribution in [2.75, 3.05) is 0 Å². The molecule has 3 rings (SSSR count). The molecule has 4 nitrogen and oxygen atoms in total. The van der Waals surface area contributed by atoms with Crippen molar-refractivity contribution in [3.8, 4) is 6.07 Å². The normalized spacial score (nSPS) is 23.9. The lowest BCUT2D eigenvalue weighted by Gasteiger charge is -1.95. The van der Waals surface area contributed by atoms with Gasteiger partial charge in [0.15, 0.2) is 5.58 Å². The molecule has 2 unspecified atom stereocenters. The highest BCUT2D eigenvalue weighted by molar-refractivity contribution is 5.73. The Hall–Kier alpha value is -2.02. The third kappa shape index (κ3) is 1.24. The van der Waals surface area contributed by atoms with Crippen LogP contribution in [0.5, 0.6) is 0 Å². The van der Waals surface area contributed by atoms with E-state index in [0.29, 0.717) is 17.0 Å². The Morgan fingerprint density at radius 3 is 3.13 bits per heavy atom. The molecular weight excluding hydrogens is 192 g/mol. The molecule has 1 N–H and O–H groups in total. The van der Waals surface area contributed by atoms with E-state index in [0.717, 1.165) is 12.0 Å². The Labute approximate surface area is 85.1 Å². The molecule has 1 fully saturated rings. The van der Waals surface area contributed by atoms with Gasteiger partial charge in [-0.25, -0.2) is 4.79 Å². The number of hydrogen-bond acceptors (Lipinski definition) is 3. The van der Waals surface area contributed by atoms with E-state index in [9.17, 15) is 4.79 Å². The number of aromatic nitrogens is 1. The van der Waals surface area contributed by atoms with E-state index >= 15 is 0 Å². The summed E-state index contributed by atoms with van der Waals surface area (Å²) >= 11 is 0. The fraction of sp³-hybridized carbons (Fsp3) is 0.273. The van der Waals surface area contributed by atoms with Crippen LogP contribution in [0.1, 0.15) is 17.9 Å². The van der Waals surface area contributed by atoms with Crippen molar-refractivity contribution in [2.24, 2.45) is 5.92 Å². The number of fused-ring (bicyclic) bond motifs is 1. The minimum Gasteiger partial charge on any atom is -0.408 e. The molecule has 1 aliphatic rings. The summed E-state index contributed by atoms with van der Waals surface area (Å²) in [5.41, 5.74) is 2.36. The van der Waals surface area contributed by atoms with Gasteiger partial charge < -0.3 is 4.42 Å². The molecule has 0 amide bonds. The zero-order valence-electron chi connectivity index (χ0n) is 7.86. The molecule has 1 aromatic carbocycles. The predicted octanol–water partition coefficient (Wildman–Crippen LogP) is 1.75. The molecule has 1 aliphatic carbocycles. The van der Waals surface area contributed by atoms with E-state index in [-0.39, 0.29) is 5.92 Å². The average molecular weight is 200 g/mol. The predicted molar refractivity (Wildman–Crippen MR) is 53.3 cm³/mol. The molecule has 0 aliphatic heterocycles. The van der Waals surface area contributed by atoms with Crippen molar-refractivity contribution < 1.29 is 4.42 Å². The quantitative estimate of drug-likeness (QED) is 0.762. The number of H-pyrrole nitrogens is 1. The van der Waals surface area contributed by atoms with Crippen LogP contribution in [-0.4, -0.2) is 4.98 Å². The number of oxazole rings is 1. The lowest BCUT2D eigenvalue weighted by Crippen LogP contribution is -1.92. The Morgan fingerprint density at radius 2 is 2.40 bits per heavy atom. The second kappa shape index (κ2) is 2.74. The molecule has 1 heterocycles.